The van der Waals surface area contributed by atoms with Gasteiger partial charge in [0.05, 0.1) is 0 Å². The van der Waals surface area contributed by atoms with Gasteiger partial charge in [0.25, 0.3) is 5.91 Å². The number of carbonyl (C=O) groups is 1. The monoisotopic (exact) mass is 260 g/mol. The highest BCUT2D eigenvalue weighted by molar-refractivity contribution is 5.94. The Morgan fingerprint density at radius 2 is 2.05 bits per heavy atom. The lowest BCUT2D eigenvalue weighted by atomic mass is 10.2. The fraction of sp³-hybridized carbons (Fsp3) is 0.357. The Kier molecular flexibility index (Phi) is 6.10. The van der Waals surface area contributed by atoms with Gasteiger partial charge in [0.15, 0.2) is 10.7 Å². The molecule has 0 fully saturated rings. The molecule has 0 aliphatic carbocycles. The molecule has 0 atom stereocenters. The Hall–Kier alpha value is -2.35. The van der Waals surface area contributed by atoms with Crippen molar-refractivity contribution in [3.63, 3.8) is 0 Å². The molecule has 1 amide bonds. The lowest BCUT2D eigenvalue weighted by molar-refractivity contribution is 0.0753. The highest BCUT2D eigenvalue weighted by atomic mass is 16.3. The molecule has 0 heterocycles. The molecule has 5 nitrogen and oxygen atoms in total. The highest BCUT2D eigenvalue weighted by Crippen LogP contribution is 2.08. The van der Waals surface area contributed by atoms with Crippen molar-refractivity contribution in [1.82, 2.24) is 4.90 Å². The molecule has 1 N–H and O–H groups in total. The number of amides is 1. The van der Waals surface area contributed by atoms with E-state index < -0.39 is 0 Å². The van der Waals surface area contributed by atoms with Gasteiger partial charge in [-0.15, -0.1) is 0 Å². The van der Waals surface area contributed by atoms with E-state index in [0.717, 1.165) is 12.6 Å². The first-order chi connectivity index (χ1) is 9.19. The topological polar surface area (TPSA) is 68.7 Å². The van der Waals surface area contributed by atoms with Crippen molar-refractivity contribution < 1.29 is 9.90 Å². The standard InChI is InChI=1S/C14H17N3O2/c1-2-9-17(10-8-13(18)11-16-15)14(19)12-6-4-3-5-7-12/h3-7,11H,2,8-10H2,1H3/p+1/b13-11+. The Bertz CT molecular complexity index is 477. The van der Waals surface area contributed by atoms with Crippen LogP contribution in [0.3, 0.4) is 0 Å². The third kappa shape index (κ3) is 4.80. The normalized spacial score (nSPS) is 10.8. The summed E-state index contributed by atoms with van der Waals surface area (Å²) in [6, 6.07) is 9.03. The molecule has 5 heteroatoms. The lowest BCUT2D eigenvalue weighted by Gasteiger charge is -2.21. The zero-order chi connectivity index (χ0) is 14.1. The highest BCUT2D eigenvalue weighted by Gasteiger charge is 2.15. The van der Waals surface area contributed by atoms with E-state index in [9.17, 15) is 9.90 Å². The van der Waals surface area contributed by atoms with Gasteiger partial charge in [-0.05, 0) is 18.6 Å². The van der Waals surface area contributed by atoms with E-state index in [2.05, 4.69) is 4.98 Å². The van der Waals surface area contributed by atoms with E-state index in [-0.39, 0.29) is 18.1 Å². The maximum absolute atomic E-state index is 12.3. The molecule has 0 saturated carbocycles. The van der Waals surface area contributed by atoms with Crippen molar-refractivity contribution >= 4 is 5.91 Å². The van der Waals surface area contributed by atoms with Crippen molar-refractivity contribution in [2.45, 2.75) is 19.8 Å². The number of aliphatic hydroxyl groups is 1. The summed E-state index contributed by atoms with van der Waals surface area (Å²) in [7, 11) is 0. The Balaban J connectivity index is 2.70. The minimum atomic E-state index is -0.0591. The molecule has 0 saturated heterocycles. The molecule has 0 aromatic heterocycles. The van der Waals surface area contributed by atoms with Gasteiger partial charge in [0, 0.05) is 25.1 Å². The molecular weight excluding hydrogens is 242 g/mol. The van der Waals surface area contributed by atoms with E-state index in [1.54, 1.807) is 17.0 Å². The van der Waals surface area contributed by atoms with Gasteiger partial charge in [-0.2, -0.15) is 0 Å². The predicted octanol–water partition coefficient (Wildman–Crippen LogP) is 3.18. The lowest BCUT2D eigenvalue weighted by Crippen LogP contribution is -2.32. The van der Waals surface area contributed by atoms with Crippen LogP contribution < -0.4 is 0 Å². The molecule has 100 valence electrons. The van der Waals surface area contributed by atoms with Gasteiger partial charge in [-0.3, -0.25) is 4.79 Å². The first-order valence-corrected chi connectivity index (χ1v) is 6.25. The smallest absolute Gasteiger partial charge is 0.387 e. The molecule has 1 aromatic rings. The maximum atomic E-state index is 12.3. The number of benzene rings is 1. The number of carbonyl (C=O) groups excluding carboxylic acids is 1. The molecule has 0 spiro atoms. The second-order valence-electron chi connectivity index (χ2n) is 4.14. The summed E-state index contributed by atoms with van der Waals surface area (Å²) in [5.74, 6) is -0.111. The molecule has 0 radical (unpaired) electrons. The van der Waals surface area contributed by atoms with Crippen molar-refractivity contribution in [3.8, 4) is 0 Å². The number of aliphatic hydroxyl groups excluding tert-OH is 1. The first-order valence-electron chi connectivity index (χ1n) is 6.25. The van der Waals surface area contributed by atoms with Crippen LogP contribution in [0.25, 0.3) is 4.98 Å². The Morgan fingerprint density at radius 3 is 2.63 bits per heavy atom. The van der Waals surface area contributed by atoms with E-state index in [0.29, 0.717) is 18.7 Å². The Morgan fingerprint density at radius 1 is 1.37 bits per heavy atom. The summed E-state index contributed by atoms with van der Waals surface area (Å²) < 4.78 is 0. The van der Waals surface area contributed by atoms with Gasteiger partial charge in [-0.1, -0.05) is 25.1 Å². The largest absolute Gasteiger partial charge is 0.505 e. The van der Waals surface area contributed by atoms with Crippen molar-refractivity contribution in [2.75, 3.05) is 13.1 Å². The Labute approximate surface area is 112 Å². The van der Waals surface area contributed by atoms with Gasteiger partial charge >= 0.3 is 6.20 Å². The average molecular weight is 260 g/mol. The zero-order valence-corrected chi connectivity index (χ0v) is 11.0. The average Bonchev–Trinajstić information content (AvgIpc) is 2.44. The van der Waals surface area contributed by atoms with Crippen LogP contribution in [0.5, 0.6) is 0 Å². The van der Waals surface area contributed by atoms with E-state index in [4.69, 9.17) is 5.39 Å². The number of hydrogen-bond donors (Lipinski definition) is 1. The molecular formula is C14H18N3O2+. The molecule has 1 rings (SSSR count). The summed E-state index contributed by atoms with van der Waals surface area (Å²) in [4.78, 5) is 16.7. The summed E-state index contributed by atoms with van der Waals surface area (Å²) in [5.41, 5.74) is 0.631. The molecule has 0 aliphatic heterocycles. The number of hydrogen-bond acceptors (Lipinski definition) is 3. The number of nitrogens with zero attached hydrogens (tertiary/aromatic N) is 3. The van der Waals surface area contributed by atoms with Gasteiger partial charge in [-0.25, -0.2) is 0 Å². The van der Waals surface area contributed by atoms with Crippen LogP contribution in [-0.2, 0) is 0 Å². The number of rotatable bonds is 6. The van der Waals surface area contributed by atoms with E-state index in [1.807, 2.05) is 25.1 Å². The summed E-state index contributed by atoms with van der Waals surface area (Å²) in [5, 5.41) is 17.7. The van der Waals surface area contributed by atoms with Crippen molar-refractivity contribution in [1.29, 1.82) is 5.39 Å². The van der Waals surface area contributed by atoms with Crippen LogP contribution in [0, 0.1) is 5.39 Å². The first kappa shape index (κ1) is 14.7. The summed E-state index contributed by atoms with van der Waals surface area (Å²) in [6.45, 7) is 3.00. The molecule has 0 aliphatic rings. The van der Waals surface area contributed by atoms with Crippen LogP contribution >= 0.6 is 0 Å². The maximum Gasteiger partial charge on any atom is 0.387 e. The van der Waals surface area contributed by atoms with Crippen LogP contribution in [-0.4, -0.2) is 29.0 Å². The van der Waals surface area contributed by atoms with Gasteiger partial charge in [0.2, 0.25) is 5.39 Å². The van der Waals surface area contributed by atoms with Crippen LogP contribution in [0.1, 0.15) is 30.1 Å². The fourth-order valence-electron chi connectivity index (χ4n) is 1.73. The van der Waals surface area contributed by atoms with Crippen LogP contribution in [0.2, 0.25) is 0 Å². The summed E-state index contributed by atoms with van der Waals surface area (Å²) in [6.07, 6.45) is 2.08. The van der Waals surface area contributed by atoms with Crippen molar-refractivity contribution in [2.24, 2.45) is 0 Å². The number of diazo groups is 1. The molecule has 1 aromatic carbocycles. The van der Waals surface area contributed by atoms with Crippen LogP contribution in [0.4, 0.5) is 0 Å². The minimum Gasteiger partial charge on any atom is -0.505 e. The zero-order valence-electron chi connectivity index (χ0n) is 11.0. The summed E-state index contributed by atoms with van der Waals surface area (Å²) >= 11 is 0. The van der Waals surface area contributed by atoms with Crippen molar-refractivity contribution in [3.05, 3.63) is 52.8 Å². The van der Waals surface area contributed by atoms with Gasteiger partial charge in [0.1, 0.15) is 0 Å². The minimum absolute atomic E-state index is 0.0514. The molecule has 0 unspecified atom stereocenters. The molecule has 19 heavy (non-hydrogen) atoms. The van der Waals surface area contributed by atoms with Gasteiger partial charge < -0.3 is 10.0 Å². The van der Waals surface area contributed by atoms with E-state index >= 15 is 0 Å². The third-order valence-corrected chi connectivity index (χ3v) is 2.65. The second kappa shape index (κ2) is 7.88. The predicted molar refractivity (Wildman–Crippen MR) is 73.0 cm³/mol. The fourth-order valence-corrected chi connectivity index (χ4v) is 1.73. The SMILES string of the molecule is CCCN(CC/C(O)=C\[N+]#N)C(=O)c1ccccc1. The second-order valence-corrected chi connectivity index (χ2v) is 4.14. The third-order valence-electron chi connectivity index (χ3n) is 2.65. The van der Waals surface area contributed by atoms with E-state index in [1.165, 1.54) is 0 Å². The van der Waals surface area contributed by atoms with Crippen LogP contribution in [0.15, 0.2) is 42.3 Å². The quantitative estimate of drug-likeness (QED) is 0.631. The molecule has 0 bridgehead atoms.